The average Bonchev–Trinajstić information content (AvgIpc) is 3.26. The quantitative estimate of drug-likeness (QED) is 0.581. The summed E-state index contributed by atoms with van der Waals surface area (Å²) in [5.74, 6) is -1.18. The lowest BCUT2D eigenvalue weighted by atomic mass is 10.0. The van der Waals surface area contributed by atoms with E-state index in [-0.39, 0.29) is 23.8 Å². The van der Waals surface area contributed by atoms with Crippen LogP contribution in [0.4, 0.5) is 9.39 Å². The molecule has 3 rings (SSSR count). The fourth-order valence-electron chi connectivity index (χ4n) is 3.05. The van der Waals surface area contributed by atoms with Gasteiger partial charge >= 0.3 is 5.97 Å². The molecule has 3 aromatic rings. The highest BCUT2D eigenvalue weighted by atomic mass is 32.1. The number of anilines is 1. The number of likely N-dealkylation sites (N-methyl/N-ethyl adjacent to an activating group) is 1. The van der Waals surface area contributed by atoms with E-state index in [1.165, 1.54) is 30.6 Å². The largest absolute Gasteiger partial charge is 0.465 e. The minimum atomic E-state index is -0.565. The third-order valence-electron chi connectivity index (χ3n) is 4.78. The number of halogens is 1. The van der Waals surface area contributed by atoms with Gasteiger partial charge in [-0.25, -0.2) is 9.18 Å². The molecule has 1 N–H and O–H groups in total. The van der Waals surface area contributed by atoms with Crippen molar-refractivity contribution in [3.05, 3.63) is 58.5 Å². The molecule has 0 unspecified atom stereocenters. The van der Waals surface area contributed by atoms with Crippen LogP contribution in [0.15, 0.2) is 35.8 Å². The van der Waals surface area contributed by atoms with E-state index in [4.69, 9.17) is 4.74 Å². The molecule has 0 aliphatic heterocycles. The molecular formula is C21H23FN4O3S. The molecule has 158 valence electrons. The molecule has 0 spiro atoms. The van der Waals surface area contributed by atoms with Crippen molar-refractivity contribution in [2.75, 3.05) is 26.0 Å². The summed E-state index contributed by atoms with van der Waals surface area (Å²) in [4.78, 5) is 26.8. The molecule has 0 atom stereocenters. The molecule has 0 aliphatic rings. The van der Waals surface area contributed by atoms with E-state index in [1.54, 1.807) is 28.4 Å². The number of nitrogens with one attached hydrogen (secondary N) is 1. The number of nitrogens with zero attached hydrogens (tertiary/aromatic N) is 3. The Bertz CT molecular complexity index is 1060. The molecular weight excluding hydrogens is 407 g/mol. The second-order valence-electron chi connectivity index (χ2n) is 6.95. The van der Waals surface area contributed by atoms with Crippen LogP contribution in [-0.2, 0) is 23.1 Å². The van der Waals surface area contributed by atoms with Gasteiger partial charge in [-0.05, 0) is 31.7 Å². The van der Waals surface area contributed by atoms with Crippen LogP contribution in [0.25, 0.3) is 11.1 Å². The van der Waals surface area contributed by atoms with Crippen molar-refractivity contribution in [2.45, 2.75) is 13.5 Å². The predicted octanol–water partition coefficient (Wildman–Crippen LogP) is 3.45. The SMILES string of the molecule is COC(=O)c1c(-c2ccc(F)cc2)csc1NC(=O)CN(C)Cc1cnn(C)c1C. The average molecular weight is 431 g/mol. The summed E-state index contributed by atoms with van der Waals surface area (Å²) in [7, 11) is 4.99. The van der Waals surface area contributed by atoms with Crippen LogP contribution in [0.5, 0.6) is 0 Å². The van der Waals surface area contributed by atoms with Crippen LogP contribution in [-0.4, -0.2) is 47.3 Å². The first-order valence-corrected chi connectivity index (χ1v) is 10.1. The van der Waals surface area contributed by atoms with Crippen molar-refractivity contribution in [1.82, 2.24) is 14.7 Å². The Morgan fingerprint density at radius 1 is 1.30 bits per heavy atom. The molecule has 7 nitrogen and oxygen atoms in total. The Hall–Kier alpha value is -3.04. The molecule has 0 bridgehead atoms. The fourth-order valence-corrected chi connectivity index (χ4v) is 4.03. The van der Waals surface area contributed by atoms with E-state index in [2.05, 4.69) is 10.4 Å². The summed E-state index contributed by atoms with van der Waals surface area (Å²) < 4.78 is 19.9. The maximum Gasteiger partial charge on any atom is 0.341 e. The number of esters is 1. The zero-order valence-corrected chi connectivity index (χ0v) is 18.0. The minimum Gasteiger partial charge on any atom is -0.465 e. The topological polar surface area (TPSA) is 76.5 Å². The number of rotatable bonds is 7. The summed E-state index contributed by atoms with van der Waals surface area (Å²) in [6.07, 6.45) is 1.79. The highest BCUT2D eigenvalue weighted by Crippen LogP contribution is 2.36. The maximum absolute atomic E-state index is 13.3. The Kier molecular flexibility index (Phi) is 6.63. The lowest BCUT2D eigenvalue weighted by molar-refractivity contribution is -0.117. The summed E-state index contributed by atoms with van der Waals surface area (Å²) in [5, 5.41) is 9.16. The van der Waals surface area contributed by atoms with Gasteiger partial charge < -0.3 is 10.1 Å². The normalized spacial score (nSPS) is 11.0. The number of benzene rings is 1. The Morgan fingerprint density at radius 2 is 2.00 bits per heavy atom. The van der Waals surface area contributed by atoms with Crippen molar-refractivity contribution < 1.29 is 18.7 Å². The standard InChI is InChI=1S/C21H23FN4O3S/c1-13-15(9-23-26(13)3)10-25(2)11-18(27)24-20-19(21(28)29-4)17(12-30-20)14-5-7-16(22)8-6-14/h5-9,12H,10-11H2,1-4H3,(H,24,27). The molecule has 2 heterocycles. The summed E-state index contributed by atoms with van der Waals surface area (Å²) >= 11 is 1.23. The van der Waals surface area contributed by atoms with Crippen molar-refractivity contribution in [3.63, 3.8) is 0 Å². The Morgan fingerprint density at radius 3 is 2.60 bits per heavy atom. The number of carbonyl (C=O) groups is 2. The summed E-state index contributed by atoms with van der Waals surface area (Å²) in [6, 6.07) is 5.81. The Balaban J connectivity index is 1.75. The van der Waals surface area contributed by atoms with Crippen molar-refractivity contribution in [1.29, 1.82) is 0 Å². The van der Waals surface area contributed by atoms with Gasteiger partial charge in [0, 0.05) is 35.8 Å². The predicted molar refractivity (Wildman–Crippen MR) is 114 cm³/mol. The third-order valence-corrected chi connectivity index (χ3v) is 5.67. The number of aromatic nitrogens is 2. The number of aryl methyl sites for hydroxylation is 1. The van der Waals surface area contributed by atoms with E-state index in [9.17, 15) is 14.0 Å². The van der Waals surface area contributed by atoms with Crippen LogP contribution >= 0.6 is 11.3 Å². The summed E-state index contributed by atoms with van der Waals surface area (Å²) in [5.41, 5.74) is 3.59. The van der Waals surface area contributed by atoms with Crippen molar-refractivity contribution in [2.24, 2.45) is 7.05 Å². The van der Waals surface area contributed by atoms with Crippen LogP contribution in [0.3, 0.4) is 0 Å². The number of methoxy groups -OCH3 is 1. The zero-order chi connectivity index (χ0) is 21.8. The minimum absolute atomic E-state index is 0.138. The number of amides is 1. The first kappa shape index (κ1) is 21.7. The molecule has 9 heteroatoms. The molecule has 0 aliphatic carbocycles. The molecule has 2 aromatic heterocycles. The van der Waals surface area contributed by atoms with Crippen molar-refractivity contribution >= 4 is 28.2 Å². The number of hydrogen-bond donors (Lipinski definition) is 1. The molecule has 0 fully saturated rings. The van der Waals surface area contributed by atoms with E-state index in [1.807, 2.05) is 25.9 Å². The summed E-state index contributed by atoms with van der Waals surface area (Å²) in [6.45, 7) is 2.68. The van der Waals surface area contributed by atoms with Crippen LogP contribution in [0, 0.1) is 12.7 Å². The van der Waals surface area contributed by atoms with E-state index in [0.29, 0.717) is 22.7 Å². The first-order chi connectivity index (χ1) is 14.3. The smallest absolute Gasteiger partial charge is 0.341 e. The van der Waals surface area contributed by atoms with Gasteiger partial charge in [0.1, 0.15) is 16.4 Å². The van der Waals surface area contributed by atoms with Gasteiger partial charge in [-0.3, -0.25) is 14.4 Å². The van der Waals surface area contributed by atoms with Gasteiger partial charge in [0.05, 0.1) is 19.9 Å². The van der Waals surface area contributed by atoms with Gasteiger partial charge in [-0.2, -0.15) is 5.10 Å². The van der Waals surface area contributed by atoms with E-state index in [0.717, 1.165) is 11.3 Å². The molecule has 0 saturated heterocycles. The van der Waals surface area contributed by atoms with Gasteiger partial charge in [0.15, 0.2) is 0 Å². The van der Waals surface area contributed by atoms with Gasteiger partial charge in [0.25, 0.3) is 0 Å². The van der Waals surface area contributed by atoms with E-state index >= 15 is 0 Å². The highest BCUT2D eigenvalue weighted by Gasteiger charge is 2.23. The van der Waals surface area contributed by atoms with Crippen molar-refractivity contribution in [3.8, 4) is 11.1 Å². The van der Waals surface area contributed by atoms with E-state index < -0.39 is 5.97 Å². The van der Waals surface area contributed by atoms with Gasteiger partial charge in [-0.1, -0.05) is 12.1 Å². The number of hydrogen-bond acceptors (Lipinski definition) is 6. The molecule has 30 heavy (non-hydrogen) atoms. The third kappa shape index (κ3) is 4.74. The highest BCUT2D eigenvalue weighted by molar-refractivity contribution is 7.15. The Labute approximate surface area is 178 Å². The first-order valence-electron chi connectivity index (χ1n) is 9.21. The second-order valence-corrected chi connectivity index (χ2v) is 7.83. The maximum atomic E-state index is 13.3. The molecule has 1 amide bonds. The number of thiophene rings is 1. The fraction of sp³-hybridized carbons (Fsp3) is 0.286. The van der Waals surface area contributed by atoms with Gasteiger partial charge in [-0.15, -0.1) is 11.3 Å². The zero-order valence-electron chi connectivity index (χ0n) is 17.2. The monoisotopic (exact) mass is 430 g/mol. The van der Waals surface area contributed by atoms with Crippen LogP contribution in [0.2, 0.25) is 0 Å². The van der Waals surface area contributed by atoms with Gasteiger partial charge in [0.2, 0.25) is 5.91 Å². The molecule has 0 radical (unpaired) electrons. The number of carbonyl (C=O) groups excluding carboxylic acids is 2. The molecule has 0 saturated carbocycles. The van der Waals surface area contributed by atoms with Crippen LogP contribution in [0.1, 0.15) is 21.6 Å². The lowest BCUT2D eigenvalue weighted by Gasteiger charge is -2.16. The second kappa shape index (κ2) is 9.19. The lowest BCUT2D eigenvalue weighted by Crippen LogP contribution is -2.30. The molecule has 1 aromatic carbocycles. The van der Waals surface area contributed by atoms with Crippen LogP contribution < -0.4 is 5.32 Å². The number of ether oxygens (including phenoxy) is 1.